The smallest absolute Gasteiger partial charge is 0.234 e. The number of hydrogen-bond donors (Lipinski definition) is 2. The summed E-state index contributed by atoms with van der Waals surface area (Å²) in [5, 5.41) is 6.49. The van der Waals surface area contributed by atoms with Gasteiger partial charge in [-0.05, 0) is 52.9 Å². The lowest BCUT2D eigenvalue weighted by atomic mass is 9.75. The Morgan fingerprint density at radius 2 is 2.05 bits per heavy atom. The Labute approximate surface area is 116 Å². The predicted molar refractivity (Wildman–Crippen MR) is 77.2 cm³/mol. The quantitative estimate of drug-likeness (QED) is 0.730. The highest BCUT2D eigenvalue weighted by molar-refractivity contribution is 5.78. The van der Waals surface area contributed by atoms with Crippen LogP contribution in [0.2, 0.25) is 0 Å². The van der Waals surface area contributed by atoms with Gasteiger partial charge in [-0.25, -0.2) is 0 Å². The number of nitrogens with zero attached hydrogens (tertiary/aromatic N) is 2. The van der Waals surface area contributed by atoms with Crippen molar-refractivity contribution in [3.63, 3.8) is 0 Å². The average Bonchev–Trinajstić information content (AvgIpc) is 2.55. The molecule has 0 radical (unpaired) electrons. The molecule has 1 amide bonds. The van der Waals surface area contributed by atoms with Crippen molar-refractivity contribution in [2.45, 2.75) is 31.2 Å². The third-order valence-corrected chi connectivity index (χ3v) is 4.65. The van der Waals surface area contributed by atoms with Gasteiger partial charge in [0.1, 0.15) is 0 Å². The molecule has 0 unspecified atom stereocenters. The van der Waals surface area contributed by atoms with Gasteiger partial charge in [0, 0.05) is 25.2 Å². The number of rotatable bonds is 5. The average molecular weight is 268 g/mol. The van der Waals surface area contributed by atoms with Gasteiger partial charge >= 0.3 is 0 Å². The van der Waals surface area contributed by atoms with E-state index in [9.17, 15) is 4.79 Å². The minimum Gasteiger partial charge on any atom is -0.353 e. The van der Waals surface area contributed by atoms with Crippen molar-refractivity contribution in [1.82, 2.24) is 20.4 Å². The van der Waals surface area contributed by atoms with E-state index in [2.05, 4.69) is 34.5 Å². The van der Waals surface area contributed by atoms with Crippen LogP contribution in [0.1, 0.15) is 25.7 Å². The molecule has 1 aliphatic heterocycles. The van der Waals surface area contributed by atoms with E-state index < -0.39 is 0 Å². The summed E-state index contributed by atoms with van der Waals surface area (Å²) in [5.41, 5.74) is 0.218. The Kier molecular flexibility index (Phi) is 5.19. The minimum atomic E-state index is 0.176. The first-order valence-electron chi connectivity index (χ1n) is 7.50. The Morgan fingerprint density at radius 1 is 1.26 bits per heavy atom. The molecule has 0 aromatic heterocycles. The molecule has 0 aromatic rings. The predicted octanol–water partition coefficient (Wildman–Crippen LogP) is -0.118. The second-order valence-electron chi connectivity index (χ2n) is 6.13. The molecule has 2 fully saturated rings. The number of amides is 1. The summed E-state index contributed by atoms with van der Waals surface area (Å²) in [5.74, 6) is 0.176. The van der Waals surface area contributed by atoms with Gasteiger partial charge in [0.25, 0.3) is 0 Å². The number of carbonyl (C=O) groups is 1. The summed E-state index contributed by atoms with van der Waals surface area (Å²) in [6, 6.07) is 0. The third-order valence-electron chi connectivity index (χ3n) is 4.65. The normalized spacial score (nSPS) is 23.7. The van der Waals surface area contributed by atoms with Crippen molar-refractivity contribution in [2.75, 3.05) is 53.4 Å². The van der Waals surface area contributed by atoms with Gasteiger partial charge in [-0.15, -0.1) is 0 Å². The van der Waals surface area contributed by atoms with Crippen molar-refractivity contribution in [3.05, 3.63) is 0 Å². The lowest BCUT2D eigenvalue weighted by Crippen LogP contribution is -2.58. The molecule has 0 bridgehead atoms. The molecule has 2 N–H and O–H groups in total. The van der Waals surface area contributed by atoms with Gasteiger partial charge in [0.15, 0.2) is 0 Å². The Balaban J connectivity index is 1.71. The Morgan fingerprint density at radius 3 is 2.68 bits per heavy atom. The van der Waals surface area contributed by atoms with Crippen LogP contribution < -0.4 is 10.6 Å². The van der Waals surface area contributed by atoms with E-state index in [1.165, 1.54) is 19.3 Å². The summed E-state index contributed by atoms with van der Waals surface area (Å²) in [6.07, 6.45) is 4.82. The zero-order valence-electron chi connectivity index (χ0n) is 12.4. The Bertz CT molecular complexity index is 294. The van der Waals surface area contributed by atoms with Crippen LogP contribution >= 0.6 is 0 Å². The summed E-state index contributed by atoms with van der Waals surface area (Å²) in [7, 11) is 4.23. The van der Waals surface area contributed by atoms with E-state index in [-0.39, 0.29) is 11.4 Å². The molecule has 1 saturated heterocycles. The molecule has 5 nitrogen and oxygen atoms in total. The number of hydrogen-bond acceptors (Lipinski definition) is 4. The number of likely N-dealkylation sites (N-methyl/N-ethyl adjacent to an activating group) is 1. The fraction of sp³-hybridized carbons (Fsp3) is 0.929. The van der Waals surface area contributed by atoms with Crippen molar-refractivity contribution < 1.29 is 4.79 Å². The topological polar surface area (TPSA) is 47.6 Å². The zero-order valence-corrected chi connectivity index (χ0v) is 12.4. The molecule has 0 aromatic carbocycles. The second-order valence-corrected chi connectivity index (χ2v) is 6.13. The van der Waals surface area contributed by atoms with E-state index in [0.717, 1.165) is 39.1 Å². The maximum absolute atomic E-state index is 12.0. The van der Waals surface area contributed by atoms with Crippen LogP contribution in [0.3, 0.4) is 0 Å². The van der Waals surface area contributed by atoms with Crippen LogP contribution in [0.25, 0.3) is 0 Å². The monoisotopic (exact) mass is 268 g/mol. The van der Waals surface area contributed by atoms with E-state index in [1.807, 2.05) is 0 Å². The van der Waals surface area contributed by atoms with E-state index >= 15 is 0 Å². The summed E-state index contributed by atoms with van der Waals surface area (Å²) in [6.45, 7) is 5.42. The van der Waals surface area contributed by atoms with E-state index in [0.29, 0.717) is 6.54 Å². The summed E-state index contributed by atoms with van der Waals surface area (Å²) >= 11 is 0. The van der Waals surface area contributed by atoms with Crippen molar-refractivity contribution in [2.24, 2.45) is 0 Å². The zero-order chi connectivity index (χ0) is 13.7. The molecule has 1 heterocycles. The van der Waals surface area contributed by atoms with Gasteiger partial charge in [-0.1, -0.05) is 0 Å². The van der Waals surface area contributed by atoms with Crippen LogP contribution in [-0.2, 0) is 4.79 Å². The number of nitrogens with one attached hydrogen (secondary N) is 2. The molecular weight excluding hydrogens is 240 g/mol. The summed E-state index contributed by atoms with van der Waals surface area (Å²) < 4.78 is 0. The highest BCUT2D eigenvalue weighted by atomic mass is 16.2. The van der Waals surface area contributed by atoms with Crippen molar-refractivity contribution in [3.8, 4) is 0 Å². The van der Waals surface area contributed by atoms with Crippen LogP contribution in [0, 0.1) is 0 Å². The highest BCUT2D eigenvalue weighted by Crippen LogP contribution is 2.35. The maximum Gasteiger partial charge on any atom is 0.234 e. The molecular formula is C14H28N4O. The standard InChI is InChI=1S/C14H28N4O/c1-17(2)14(5-3-6-14)12-16-13(19)11-18-9-4-7-15-8-10-18/h15H,3-12H2,1-2H3,(H,16,19). The summed E-state index contributed by atoms with van der Waals surface area (Å²) in [4.78, 5) is 16.6. The van der Waals surface area contributed by atoms with Gasteiger partial charge in [0.05, 0.1) is 6.54 Å². The molecule has 0 atom stereocenters. The SMILES string of the molecule is CN(C)C1(CNC(=O)CN2CCCNCC2)CCC1. The van der Waals surface area contributed by atoms with Crippen LogP contribution in [0.15, 0.2) is 0 Å². The Hall–Kier alpha value is -0.650. The molecule has 1 aliphatic carbocycles. The fourth-order valence-corrected chi connectivity index (χ4v) is 2.95. The van der Waals surface area contributed by atoms with Crippen molar-refractivity contribution in [1.29, 1.82) is 0 Å². The number of carbonyl (C=O) groups excluding carboxylic acids is 1. The highest BCUT2D eigenvalue weighted by Gasteiger charge is 2.39. The molecule has 5 heteroatoms. The van der Waals surface area contributed by atoms with E-state index in [4.69, 9.17) is 0 Å². The van der Waals surface area contributed by atoms with Gasteiger partial charge in [0.2, 0.25) is 5.91 Å². The molecule has 2 aliphatic rings. The van der Waals surface area contributed by atoms with Gasteiger partial charge < -0.3 is 15.5 Å². The molecule has 1 saturated carbocycles. The van der Waals surface area contributed by atoms with Crippen molar-refractivity contribution >= 4 is 5.91 Å². The largest absolute Gasteiger partial charge is 0.353 e. The second kappa shape index (κ2) is 6.68. The first-order valence-corrected chi connectivity index (χ1v) is 7.50. The first-order chi connectivity index (χ1) is 9.12. The van der Waals surface area contributed by atoms with Crippen LogP contribution in [0.4, 0.5) is 0 Å². The van der Waals surface area contributed by atoms with Crippen LogP contribution in [0.5, 0.6) is 0 Å². The van der Waals surface area contributed by atoms with E-state index in [1.54, 1.807) is 0 Å². The molecule has 110 valence electrons. The third kappa shape index (κ3) is 3.91. The molecule has 2 rings (SSSR count). The lowest BCUT2D eigenvalue weighted by Gasteiger charge is -2.47. The first kappa shape index (κ1) is 14.8. The molecule has 19 heavy (non-hydrogen) atoms. The minimum absolute atomic E-state index is 0.176. The lowest BCUT2D eigenvalue weighted by molar-refractivity contribution is -0.123. The van der Waals surface area contributed by atoms with Gasteiger partial charge in [-0.3, -0.25) is 9.69 Å². The fourth-order valence-electron chi connectivity index (χ4n) is 2.95. The molecule has 0 spiro atoms. The van der Waals surface area contributed by atoms with Gasteiger partial charge in [-0.2, -0.15) is 0 Å². The maximum atomic E-state index is 12.0. The van der Waals surface area contributed by atoms with Crippen LogP contribution in [-0.4, -0.2) is 74.6 Å².